The Balaban J connectivity index is 0.00000523. The van der Waals surface area contributed by atoms with Gasteiger partial charge in [0.2, 0.25) is 41.4 Å². The number of nitrogens with two attached hydrogens (primary N) is 6. The molecule has 514 valence electrons. The molecule has 15 atom stereocenters. The molecule has 31 heteroatoms. The molecule has 8 rings (SSSR count). The quantitative estimate of drug-likeness (QED) is 0.0482. The third kappa shape index (κ3) is 14.8. The number of primary amides is 6. The number of nitrogens with zero attached hydrogens (tertiary/aromatic N) is 6. The number of fused-ring (bicyclic) bond motifs is 7. The van der Waals surface area contributed by atoms with Gasteiger partial charge >= 0.3 is 16.8 Å². The second-order valence-corrected chi connectivity index (χ2v) is 28.3. The maximum Gasteiger partial charge on any atom is 3.00 e. The number of phosphoric ester groups is 1. The van der Waals surface area contributed by atoms with Gasteiger partial charge in [0, 0.05) is 108 Å². The smallest absolute Gasteiger partial charge is 0.870 e. The number of aryl methyl sites for hydroxylation is 2. The van der Waals surface area contributed by atoms with Crippen molar-refractivity contribution in [3.05, 3.63) is 69.2 Å². The number of aliphatic hydroxyl groups is 2. The van der Waals surface area contributed by atoms with Crippen LogP contribution in [0, 0.1) is 59.2 Å². The first-order valence-electron chi connectivity index (χ1n) is 30.5. The van der Waals surface area contributed by atoms with Crippen LogP contribution < -0.4 is 44.6 Å². The van der Waals surface area contributed by atoms with Crippen LogP contribution in [0.3, 0.4) is 0 Å². The summed E-state index contributed by atoms with van der Waals surface area (Å²) in [6.07, 6.45) is -4.79. The summed E-state index contributed by atoms with van der Waals surface area (Å²) in [5.74, 6) is -7.40. The molecule has 7 heterocycles. The zero-order chi connectivity index (χ0) is 66.7. The van der Waals surface area contributed by atoms with E-state index in [-0.39, 0.29) is 105 Å². The van der Waals surface area contributed by atoms with Crippen LogP contribution in [0.5, 0.6) is 0 Å². The zero-order valence-electron chi connectivity index (χ0n) is 54.5. The van der Waals surface area contributed by atoms with Crippen LogP contribution in [0.4, 0.5) is 0 Å². The van der Waals surface area contributed by atoms with E-state index in [2.05, 4.69) is 10.3 Å². The first kappa shape index (κ1) is 77.1. The van der Waals surface area contributed by atoms with Crippen molar-refractivity contribution >= 4 is 77.3 Å². The normalized spacial score (nSPS) is 31.0. The number of imidazole rings is 1. The van der Waals surface area contributed by atoms with Gasteiger partial charge in [-0.1, -0.05) is 40.7 Å². The largest absolute Gasteiger partial charge is 3.00 e. The molecular weight excluding hydrogens is 1270 g/mol. The van der Waals surface area contributed by atoms with Gasteiger partial charge in [-0.3, -0.25) is 53.1 Å². The molecule has 0 radical (unpaired) electrons. The van der Waals surface area contributed by atoms with Crippen LogP contribution >= 0.6 is 7.82 Å². The molecule has 29 nitrogen and oxygen atoms in total. The molecule has 0 spiro atoms. The molecule has 0 saturated carbocycles. The number of aliphatic hydroxyl groups excluding tert-OH is 2. The van der Waals surface area contributed by atoms with Gasteiger partial charge in [-0.2, -0.15) is 5.70 Å². The third-order valence-corrected chi connectivity index (χ3v) is 21.6. The summed E-state index contributed by atoms with van der Waals surface area (Å²) in [6.45, 7) is 19.0. The van der Waals surface area contributed by atoms with Crippen molar-refractivity contribution in [2.24, 2.45) is 94.7 Å². The molecule has 1 aromatic heterocycles. The van der Waals surface area contributed by atoms with Gasteiger partial charge < -0.3 is 89.4 Å². The number of aliphatic imine (C=N–C) groups is 3. The Morgan fingerprint density at radius 3 is 1.95 bits per heavy atom. The van der Waals surface area contributed by atoms with Gasteiger partial charge in [0.1, 0.15) is 18.3 Å². The van der Waals surface area contributed by atoms with Crippen LogP contribution in [0.25, 0.3) is 16.4 Å². The van der Waals surface area contributed by atoms with E-state index in [1.165, 1.54) is 17.8 Å². The van der Waals surface area contributed by atoms with Gasteiger partial charge in [0.25, 0.3) is 7.82 Å². The van der Waals surface area contributed by atoms with Crippen LogP contribution in [0.1, 0.15) is 150 Å². The molecule has 2 saturated heterocycles. The Hall–Kier alpha value is -6.57. The molecular formula is C62H92CoN13O16P+. The van der Waals surface area contributed by atoms with E-state index in [1.54, 1.807) is 6.92 Å². The summed E-state index contributed by atoms with van der Waals surface area (Å²) < 4.78 is 31.9. The zero-order valence-corrected chi connectivity index (χ0v) is 56.5. The van der Waals surface area contributed by atoms with Crippen molar-refractivity contribution in [2.45, 2.75) is 189 Å². The number of hydrogen-bond donors (Lipinski definition) is 9. The Morgan fingerprint density at radius 2 is 1.38 bits per heavy atom. The minimum atomic E-state index is -5.32. The monoisotopic (exact) mass is 1360 g/mol. The maximum atomic E-state index is 14.4. The van der Waals surface area contributed by atoms with Crippen LogP contribution in [0.15, 0.2) is 67.8 Å². The minimum Gasteiger partial charge on any atom is -0.870 e. The van der Waals surface area contributed by atoms with E-state index in [4.69, 9.17) is 68.5 Å². The Labute approximate surface area is 550 Å². The summed E-state index contributed by atoms with van der Waals surface area (Å²) in [5.41, 5.74) is 36.7. The van der Waals surface area contributed by atoms with E-state index in [1.807, 2.05) is 80.5 Å². The molecule has 8 bridgehead atoms. The molecule has 6 aliphatic rings. The number of benzene rings is 1. The van der Waals surface area contributed by atoms with E-state index < -0.39 is 143 Å². The SMILES string of the molecule is CC1=C2N=C(C=C3N=C(C(C)=C4[N-]C(C(CC(N)=O)C4(C)CCC(=O)NCC(C)OP(=O)([O-])OC4C(CO)OC(n5cnc6cc(C)c(C)cc65)C4O)C4(C)N=C1C(CCC(N)=O)C4(C)CC(N)=O)C(CCC(N)=O)C3(C)C)C(CCC(N)=O)C2(C)CC(N)=O.[Co+3].[OH-].[OH3+]. The van der Waals surface area contributed by atoms with E-state index in [0.717, 1.165) is 11.1 Å². The van der Waals surface area contributed by atoms with E-state index in [0.29, 0.717) is 56.4 Å². The Bertz CT molecular complexity index is 3550. The number of amides is 7. The fraction of sp³-hybridized carbons (Fsp3) is 0.629. The fourth-order valence-electron chi connectivity index (χ4n) is 15.3. The van der Waals surface area contributed by atoms with Gasteiger partial charge in [0.05, 0.1) is 41.3 Å². The summed E-state index contributed by atoms with van der Waals surface area (Å²) in [5, 5.41) is 30.1. The number of rotatable bonds is 26. The molecule has 15 unspecified atom stereocenters. The predicted molar refractivity (Wildman–Crippen MR) is 338 cm³/mol. The predicted octanol–water partition coefficient (Wildman–Crippen LogP) is 2.21. The van der Waals surface area contributed by atoms with E-state index >= 15 is 0 Å². The average Bonchev–Trinajstić information content (AvgIpc) is 1.53. The average molecular weight is 1370 g/mol. The number of phosphoric acid groups is 1. The van der Waals surface area contributed by atoms with Crippen molar-refractivity contribution < 1.29 is 94.7 Å². The van der Waals surface area contributed by atoms with Gasteiger partial charge in [0.15, 0.2) is 6.23 Å². The standard InChI is InChI=1S/C62H90N13O14P.Co.2H2O/c1-29-20-39-40(21-30(29)2)75(28-70-39)57-52(84)53(41(27-76)87-57)89-90(85,86)88-31(3)26-69-49(83)18-19-59(8)37(22-46(66)80)56-62(11)61(10,25-48(68)82)36(14-17-45(65)79)51(74-62)33(5)55-60(9,24-47(67)81)34(12-15-43(63)77)38(71-55)23-42-58(6,7)35(13-16-44(64)78)50(72-42)32(4)54(59)73-56;;;/h20-21,23,28,31,34-37,41,52-53,56-57,76,84H,12-19,22,24-27H2,1-11H3,(H15,63,64,65,66,67,68,69,71,72,73,74,77,78,79,80,81,82,83,85,86);;2*1H2/q;+3;;/p-2. The molecule has 0 aliphatic carbocycles. The third-order valence-electron chi connectivity index (χ3n) is 20.5. The topological polar surface area (TPSA) is 528 Å². The summed E-state index contributed by atoms with van der Waals surface area (Å²) in [7, 11) is -5.32. The van der Waals surface area contributed by atoms with Gasteiger partial charge in [-0.15, -0.1) is 0 Å². The fourth-order valence-corrected chi connectivity index (χ4v) is 16.4. The number of allylic oxidation sites excluding steroid dienone is 6. The number of carbonyl (C=O) groups excluding carboxylic acids is 7. The number of carbonyl (C=O) groups is 7. The number of nitrogens with one attached hydrogen (secondary N) is 1. The van der Waals surface area contributed by atoms with Gasteiger partial charge in [-0.05, 0) is 119 Å². The van der Waals surface area contributed by atoms with Crippen molar-refractivity contribution in [3.8, 4) is 0 Å². The molecule has 1 aromatic carbocycles. The first-order chi connectivity index (χ1) is 41.8. The van der Waals surface area contributed by atoms with Crippen molar-refractivity contribution in [1.82, 2.24) is 14.9 Å². The van der Waals surface area contributed by atoms with Crippen LogP contribution in [-0.2, 0) is 74.2 Å². The number of aromatic nitrogens is 2. The summed E-state index contributed by atoms with van der Waals surface area (Å²) in [4.78, 5) is 128. The minimum absolute atomic E-state index is 0. The van der Waals surface area contributed by atoms with Crippen molar-refractivity contribution in [1.29, 1.82) is 0 Å². The summed E-state index contributed by atoms with van der Waals surface area (Å²) >= 11 is 0. The molecule has 19 N–H and O–H groups in total. The molecule has 6 aliphatic heterocycles. The number of ether oxygens (including phenoxy) is 1. The second kappa shape index (κ2) is 28.8. The molecule has 2 aromatic rings. The van der Waals surface area contributed by atoms with Crippen LogP contribution in [-0.4, -0.2) is 133 Å². The van der Waals surface area contributed by atoms with Crippen molar-refractivity contribution in [3.63, 3.8) is 0 Å². The second-order valence-electron chi connectivity index (χ2n) is 27.0. The van der Waals surface area contributed by atoms with E-state index in [9.17, 15) is 53.2 Å². The van der Waals surface area contributed by atoms with Gasteiger partial charge in [-0.25, -0.2) is 4.98 Å². The molecule has 93 heavy (non-hydrogen) atoms. The Morgan fingerprint density at radius 1 is 0.796 bits per heavy atom. The van der Waals surface area contributed by atoms with Crippen molar-refractivity contribution in [2.75, 3.05) is 13.2 Å². The van der Waals surface area contributed by atoms with Crippen LogP contribution in [0.2, 0.25) is 0 Å². The molecule has 2 fully saturated rings. The Kier molecular flexibility index (Phi) is 23.9. The number of hydrogen-bond acceptors (Lipinski definition) is 19. The molecule has 7 amide bonds. The maximum absolute atomic E-state index is 14.4. The summed E-state index contributed by atoms with van der Waals surface area (Å²) in [6, 6.07) is 2.65. The first-order valence-corrected chi connectivity index (χ1v) is 32.0.